The number of rotatable bonds is 2. The van der Waals surface area contributed by atoms with Crippen molar-refractivity contribution < 1.29 is 4.79 Å². The second kappa shape index (κ2) is 4.51. The molecular formula is C9H6Cl2N4O. The minimum absolute atomic E-state index is 0.163. The maximum Gasteiger partial charge on any atom is 0.259 e. The molecule has 0 unspecified atom stereocenters. The molecule has 2 aromatic rings. The topological polar surface area (TPSA) is 70.7 Å². The van der Waals surface area contributed by atoms with Crippen LogP contribution in [-0.2, 0) is 0 Å². The molecule has 0 atom stereocenters. The summed E-state index contributed by atoms with van der Waals surface area (Å²) in [6.45, 7) is 0. The fraction of sp³-hybridized carbons (Fsp3) is 0. The van der Waals surface area contributed by atoms with Crippen molar-refractivity contribution in [2.45, 2.75) is 0 Å². The van der Waals surface area contributed by atoms with Crippen molar-refractivity contribution in [3.63, 3.8) is 0 Å². The van der Waals surface area contributed by atoms with Gasteiger partial charge in [0.15, 0.2) is 0 Å². The molecule has 2 aromatic heterocycles. The molecule has 0 fully saturated rings. The molecule has 0 spiro atoms. The molecule has 82 valence electrons. The van der Waals surface area contributed by atoms with Crippen molar-refractivity contribution in [2.75, 3.05) is 5.32 Å². The van der Waals surface area contributed by atoms with E-state index in [1.54, 1.807) is 6.20 Å². The van der Waals surface area contributed by atoms with Crippen LogP contribution >= 0.6 is 23.2 Å². The largest absolute Gasteiger partial charge is 0.331 e. The number of nitrogens with one attached hydrogen (secondary N) is 2. The average molecular weight is 257 g/mol. The summed E-state index contributed by atoms with van der Waals surface area (Å²) in [5.41, 5.74) is 0.311. The van der Waals surface area contributed by atoms with E-state index in [1.165, 1.54) is 18.5 Å². The number of carbonyl (C=O) groups is 1. The Bertz CT molecular complexity index is 512. The number of H-pyrrole nitrogens is 1. The van der Waals surface area contributed by atoms with Gasteiger partial charge in [0.05, 0.1) is 10.6 Å². The van der Waals surface area contributed by atoms with Gasteiger partial charge in [-0.3, -0.25) is 10.1 Å². The Hall–Kier alpha value is -1.59. The summed E-state index contributed by atoms with van der Waals surface area (Å²) in [4.78, 5) is 22.0. The third-order valence-corrected chi connectivity index (χ3v) is 2.47. The first-order valence-electron chi connectivity index (χ1n) is 4.28. The molecule has 0 aliphatic heterocycles. The number of nitrogens with zero attached hydrogens (tertiary/aromatic N) is 2. The van der Waals surface area contributed by atoms with E-state index in [-0.39, 0.29) is 16.1 Å². The lowest BCUT2D eigenvalue weighted by Gasteiger charge is -2.02. The summed E-state index contributed by atoms with van der Waals surface area (Å²) in [7, 11) is 0. The van der Waals surface area contributed by atoms with Crippen LogP contribution in [0.15, 0.2) is 24.7 Å². The molecule has 16 heavy (non-hydrogen) atoms. The number of hydrogen-bond acceptors (Lipinski definition) is 3. The number of carbonyl (C=O) groups excluding carboxylic acids is 1. The van der Waals surface area contributed by atoms with Gasteiger partial charge in [-0.1, -0.05) is 23.2 Å². The standard InChI is InChI=1S/C9H6Cl2N4O/c10-6-3-5(4-14-7(6)11)8(16)15-9-12-1-2-13-9/h1-4H,(H2,12,13,15,16). The predicted molar refractivity (Wildman–Crippen MR) is 60.8 cm³/mol. The highest BCUT2D eigenvalue weighted by molar-refractivity contribution is 6.41. The highest BCUT2D eigenvalue weighted by atomic mass is 35.5. The van der Waals surface area contributed by atoms with Crippen molar-refractivity contribution >= 4 is 35.1 Å². The lowest BCUT2D eigenvalue weighted by Crippen LogP contribution is -2.13. The van der Waals surface area contributed by atoms with Crippen LogP contribution in [-0.4, -0.2) is 20.9 Å². The molecular weight excluding hydrogens is 251 g/mol. The first-order valence-corrected chi connectivity index (χ1v) is 5.04. The molecule has 0 aliphatic rings. The quantitative estimate of drug-likeness (QED) is 0.811. The monoisotopic (exact) mass is 256 g/mol. The minimum atomic E-state index is -0.360. The third kappa shape index (κ3) is 2.32. The Morgan fingerprint density at radius 3 is 2.81 bits per heavy atom. The van der Waals surface area contributed by atoms with Crippen LogP contribution in [0.3, 0.4) is 0 Å². The predicted octanol–water partition coefficient (Wildman–Crippen LogP) is 2.36. The number of aromatic amines is 1. The first kappa shape index (κ1) is 10.9. The van der Waals surface area contributed by atoms with Gasteiger partial charge in [-0.2, -0.15) is 0 Å². The third-order valence-electron chi connectivity index (χ3n) is 1.79. The second-order valence-electron chi connectivity index (χ2n) is 2.89. The molecule has 5 nitrogen and oxygen atoms in total. The van der Waals surface area contributed by atoms with Gasteiger partial charge in [0.2, 0.25) is 5.95 Å². The number of imidazole rings is 1. The smallest absolute Gasteiger partial charge is 0.259 e. The molecule has 2 heterocycles. The van der Waals surface area contributed by atoms with Crippen molar-refractivity contribution in [2.24, 2.45) is 0 Å². The first-order chi connectivity index (χ1) is 7.66. The van der Waals surface area contributed by atoms with E-state index in [4.69, 9.17) is 23.2 Å². The Morgan fingerprint density at radius 1 is 1.38 bits per heavy atom. The Morgan fingerprint density at radius 2 is 2.19 bits per heavy atom. The van der Waals surface area contributed by atoms with Gasteiger partial charge >= 0.3 is 0 Å². The zero-order chi connectivity index (χ0) is 11.5. The molecule has 7 heteroatoms. The summed E-state index contributed by atoms with van der Waals surface area (Å²) in [6, 6.07) is 1.44. The lowest BCUT2D eigenvalue weighted by atomic mass is 10.3. The normalized spacial score (nSPS) is 10.1. The van der Waals surface area contributed by atoms with E-state index >= 15 is 0 Å². The zero-order valence-corrected chi connectivity index (χ0v) is 9.38. The van der Waals surface area contributed by atoms with E-state index in [0.717, 1.165) is 0 Å². The summed E-state index contributed by atoms with van der Waals surface area (Å²) in [5, 5.41) is 2.93. The van der Waals surface area contributed by atoms with Crippen LogP contribution in [0.4, 0.5) is 5.95 Å². The van der Waals surface area contributed by atoms with E-state index in [9.17, 15) is 4.79 Å². The average Bonchev–Trinajstić information content (AvgIpc) is 2.74. The van der Waals surface area contributed by atoms with Gasteiger partial charge in [-0.05, 0) is 6.07 Å². The van der Waals surface area contributed by atoms with Gasteiger partial charge < -0.3 is 4.98 Å². The van der Waals surface area contributed by atoms with E-state index in [2.05, 4.69) is 20.3 Å². The highest BCUT2D eigenvalue weighted by Crippen LogP contribution is 2.19. The van der Waals surface area contributed by atoms with Crippen LogP contribution in [0.1, 0.15) is 10.4 Å². The second-order valence-corrected chi connectivity index (χ2v) is 3.65. The van der Waals surface area contributed by atoms with Crippen molar-refractivity contribution in [1.82, 2.24) is 15.0 Å². The number of halogens is 2. The summed E-state index contributed by atoms with van der Waals surface area (Å²) in [5.74, 6) is -0.00270. The Balaban J connectivity index is 2.18. The van der Waals surface area contributed by atoms with Crippen molar-refractivity contribution in [1.29, 1.82) is 0 Å². The molecule has 2 N–H and O–H groups in total. The molecule has 0 aromatic carbocycles. The van der Waals surface area contributed by atoms with Gasteiger partial charge in [0.1, 0.15) is 5.15 Å². The minimum Gasteiger partial charge on any atom is -0.331 e. The van der Waals surface area contributed by atoms with Crippen molar-refractivity contribution in [3.05, 3.63) is 40.4 Å². The van der Waals surface area contributed by atoms with Crippen LogP contribution in [0.2, 0.25) is 10.2 Å². The Kier molecular flexibility index (Phi) is 3.07. The molecule has 0 bridgehead atoms. The van der Waals surface area contributed by atoms with Crippen molar-refractivity contribution in [3.8, 4) is 0 Å². The zero-order valence-electron chi connectivity index (χ0n) is 7.87. The van der Waals surface area contributed by atoms with Crippen LogP contribution in [0, 0.1) is 0 Å². The van der Waals surface area contributed by atoms with E-state index in [0.29, 0.717) is 11.5 Å². The fourth-order valence-electron chi connectivity index (χ4n) is 1.06. The lowest BCUT2D eigenvalue weighted by molar-refractivity contribution is 0.102. The van der Waals surface area contributed by atoms with Gasteiger partial charge in [-0.15, -0.1) is 0 Å². The number of amides is 1. The molecule has 0 saturated heterocycles. The molecule has 0 saturated carbocycles. The maximum absolute atomic E-state index is 11.7. The summed E-state index contributed by atoms with van der Waals surface area (Å²) >= 11 is 11.4. The van der Waals surface area contributed by atoms with Crippen LogP contribution in [0.5, 0.6) is 0 Å². The molecule has 2 rings (SSSR count). The number of hydrogen-bond donors (Lipinski definition) is 2. The molecule has 0 radical (unpaired) electrons. The van der Waals surface area contributed by atoms with Gasteiger partial charge in [0, 0.05) is 18.6 Å². The molecule has 0 aliphatic carbocycles. The maximum atomic E-state index is 11.7. The Labute approximate surface area is 101 Å². The SMILES string of the molecule is O=C(Nc1ncc[nH]1)c1cnc(Cl)c(Cl)c1. The number of anilines is 1. The number of pyridine rings is 1. The van der Waals surface area contributed by atoms with Crippen LogP contribution < -0.4 is 5.32 Å². The summed E-state index contributed by atoms with van der Waals surface area (Å²) < 4.78 is 0. The van der Waals surface area contributed by atoms with Gasteiger partial charge in [0.25, 0.3) is 5.91 Å². The highest BCUT2D eigenvalue weighted by Gasteiger charge is 2.09. The van der Waals surface area contributed by atoms with E-state index < -0.39 is 0 Å². The van der Waals surface area contributed by atoms with E-state index in [1.807, 2.05) is 0 Å². The molecule has 1 amide bonds. The van der Waals surface area contributed by atoms with Gasteiger partial charge in [-0.25, -0.2) is 9.97 Å². The number of aromatic nitrogens is 3. The summed E-state index contributed by atoms with van der Waals surface area (Å²) in [6.07, 6.45) is 4.47. The van der Waals surface area contributed by atoms with Crippen LogP contribution in [0.25, 0.3) is 0 Å². The fourth-order valence-corrected chi connectivity index (χ4v) is 1.33.